The van der Waals surface area contributed by atoms with Crippen molar-refractivity contribution >= 4 is 5.91 Å². The molecule has 0 bridgehead atoms. The van der Waals surface area contributed by atoms with Crippen molar-refractivity contribution in [1.82, 2.24) is 10.2 Å². The van der Waals surface area contributed by atoms with E-state index in [1.165, 1.54) is 5.56 Å². The summed E-state index contributed by atoms with van der Waals surface area (Å²) >= 11 is 0. The maximum absolute atomic E-state index is 12.2. The number of rotatable bonds is 7. The van der Waals surface area contributed by atoms with Gasteiger partial charge in [-0.2, -0.15) is 0 Å². The number of nitrogens with one attached hydrogen (secondary N) is 1. The first-order chi connectivity index (χ1) is 11.6. The summed E-state index contributed by atoms with van der Waals surface area (Å²) in [5.41, 5.74) is 1.21. The molecule has 1 aromatic carbocycles. The lowest BCUT2D eigenvalue weighted by Crippen LogP contribution is -2.33. The minimum absolute atomic E-state index is 0.193. The molecular formula is C19H24N2O3. The van der Waals surface area contributed by atoms with Crippen molar-refractivity contribution in [3.63, 3.8) is 0 Å². The second-order valence-electron chi connectivity index (χ2n) is 6.23. The molecule has 2 aromatic rings. The number of aryl methyl sites for hydroxylation is 1. The molecule has 0 spiro atoms. The van der Waals surface area contributed by atoms with Crippen molar-refractivity contribution in [2.24, 2.45) is 0 Å². The Morgan fingerprint density at radius 2 is 2.04 bits per heavy atom. The van der Waals surface area contributed by atoms with Gasteiger partial charge >= 0.3 is 0 Å². The van der Waals surface area contributed by atoms with Crippen LogP contribution in [-0.2, 0) is 17.8 Å². The molecule has 1 N–H and O–H groups in total. The number of carbonyl (C=O) groups excluding carboxylic acids is 1. The molecule has 1 amide bonds. The highest BCUT2D eigenvalue weighted by molar-refractivity contribution is 5.79. The van der Waals surface area contributed by atoms with Gasteiger partial charge in [-0.15, -0.1) is 0 Å². The van der Waals surface area contributed by atoms with Crippen molar-refractivity contribution < 1.29 is 13.9 Å². The molecule has 2 heterocycles. The number of methoxy groups -OCH3 is 1. The lowest BCUT2D eigenvalue weighted by Gasteiger charge is -2.17. The van der Waals surface area contributed by atoms with Crippen LogP contribution in [-0.4, -0.2) is 37.0 Å². The average molecular weight is 328 g/mol. The summed E-state index contributed by atoms with van der Waals surface area (Å²) < 4.78 is 10.7. The van der Waals surface area contributed by atoms with Crippen LogP contribution in [0.2, 0.25) is 0 Å². The average Bonchev–Trinajstić information content (AvgIpc) is 3.17. The highest BCUT2D eigenvalue weighted by Crippen LogP contribution is 2.16. The van der Waals surface area contributed by atoms with Gasteiger partial charge < -0.3 is 19.4 Å². The van der Waals surface area contributed by atoms with E-state index in [0.29, 0.717) is 13.0 Å². The van der Waals surface area contributed by atoms with Crippen molar-refractivity contribution in [2.75, 3.05) is 20.2 Å². The molecule has 0 radical (unpaired) electrons. The number of nitrogens with zero attached hydrogens (tertiary/aromatic N) is 1. The molecule has 5 heteroatoms. The Bertz CT molecular complexity index is 678. The molecule has 1 aliphatic heterocycles. The first kappa shape index (κ1) is 16.6. The summed E-state index contributed by atoms with van der Waals surface area (Å²) in [5, 5.41) is 3.41. The zero-order valence-corrected chi connectivity index (χ0v) is 14.2. The van der Waals surface area contributed by atoms with E-state index in [9.17, 15) is 4.79 Å². The predicted molar refractivity (Wildman–Crippen MR) is 92.0 cm³/mol. The molecule has 5 nitrogen and oxygen atoms in total. The maximum atomic E-state index is 12.2. The third-order valence-corrected chi connectivity index (χ3v) is 4.40. The van der Waals surface area contributed by atoms with Crippen LogP contribution < -0.4 is 10.1 Å². The van der Waals surface area contributed by atoms with Gasteiger partial charge in [0, 0.05) is 25.6 Å². The number of likely N-dealkylation sites (tertiary alicyclic amines) is 1. The number of hydrogen-bond donors (Lipinski definition) is 1. The standard InChI is InChI=1S/C19H24N2O3/c1-14-3-6-18(24-14)12-20-16-11-19(22)21(13-16)10-9-15-4-7-17(23-2)8-5-15/h3-8,16,20H,9-13H2,1-2H3. The van der Waals surface area contributed by atoms with Crippen molar-refractivity contribution in [1.29, 1.82) is 0 Å². The van der Waals surface area contributed by atoms with Crippen molar-refractivity contribution in [3.05, 3.63) is 53.5 Å². The van der Waals surface area contributed by atoms with Crippen LogP contribution in [0.5, 0.6) is 5.75 Å². The van der Waals surface area contributed by atoms with Gasteiger partial charge in [0.05, 0.1) is 13.7 Å². The van der Waals surface area contributed by atoms with E-state index in [0.717, 1.165) is 36.8 Å². The van der Waals surface area contributed by atoms with Gasteiger partial charge in [-0.05, 0) is 43.2 Å². The summed E-state index contributed by atoms with van der Waals surface area (Å²) in [6.07, 6.45) is 1.42. The number of ether oxygens (including phenoxy) is 1. The first-order valence-electron chi connectivity index (χ1n) is 8.33. The fourth-order valence-corrected chi connectivity index (χ4v) is 3.01. The van der Waals surface area contributed by atoms with Crippen LogP contribution in [0.4, 0.5) is 0 Å². The molecule has 128 valence electrons. The molecule has 0 saturated carbocycles. The zero-order chi connectivity index (χ0) is 16.9. The van der Waals surface area contributed by atoms with Crippen molar-refractivity contribution in [2.45, 2.75) is 32.4 Å². The molecule has 1 saturated heterocycles. The molecule has 1 fully saturated rings. The van der Waals surface area contributed by atoms with Crippen LogP contribution in [0.15, 0.2) is 40.8 Å². The van der Waals surface area contributed by atoms with E-state index >= 15 is 0 Å². The quantitative estimate of drug-likeness (QED) is 0.848. The summed E-state index contributed by atoms with van der Waals surface area (Å²) in [7, 11) is 1.66. The van der Waals surface area contributed by atoms with Crippen LogP contribution >= 0.6 is 0 Å². The van der Waals surface area contributed by atoms with E-state index in [2.05, 4.69) is 5.32 Å². The van der Waals surface area contributed by atoms with E-state index in [1.54, 1.807) is 7.11 Å². The summed E-state index contributed by atoms with van der Waals surface area (Å²) in [6, 6.07) is 12.1. The van der Waals surface area contributed by atoms with Gasteiger partial charge in [0.2, 0.25) is 5.91 Å². The highest BCUT2D eigenvalue weighted by atomic mass is 16.5. The molecule has 1 aromatic heterocycles. The molecule has 1 aliphatic rings. The molecule has 3 rings (SSSR count). The molecule has 0 aliphatic carbocycles. The van der Waals surface area contributed by atoms with Gasteiger partial charge in [-0.1, -0.05) is 12.1 Å². The molecule has 1 atom stereocenters. The van der Waals surface area contributed by atoms with Gasteiger partial charge in [0.15, 0.2) is 0 Å². The van der Waals surface area contributed by atoms with E-state index in [4.69, 9.17) is 9.15 Å². The maximum Gasteiger partial charge on any atom is 0.224 e. The van der Waals surface area contributed by atoms with Crippen LogP contribution in [0.25, 0.3) is 0 Å². The van der Waals surface area contributed by atoms with E-state index < -0.39 is 0 Å². The van der Waals surface area contributed by atoms with Crippen LogP contribution in [0.3, 0.4) is 0 Å². The fraction of sp³-hybridized carbons (Fsp3) is 0.421. The first-order valence-corrected chi connectivity index (χ1v) is 8.33. The summed E-state index contributed by atoms with van der Waals surface area (Å²) in [5.74, 6) is 2.90. The SMILES string of the molecule is COc1ccc(CCN2CC(NCc3ccc(C)o3)CC2=O)cc1. The highest BCUT2D eigenvalue weighted by Gasteiger charge is 2.28. The number of amides is 1. The second-order valence-corrected chi connectivity index (χ2v) is 6.23. The minimum atomic E-state index is 0.193. The monoisotopic (exact) mass is 328 g/mol. The van der Waals surface area contributed by atoms with Gasteiger partial charge in [-0.25, -0.2) is 0 Å². The van der Waals surface area contributed by atoms with Gasteiger partial charge in [0.25, 0.3) is 0 Å². The second kappa shape index (κ2) is 7.53. The van der Waals surface area contributed by atoms with Crippen molar-refractivity contribution in [3.8, 4) is 5.75 Å². The Kier molecular flexibility index (Phi) is 5.20. The lowest BCUT2D eigenvalue weighted by molar-refractivity contribution is -0.127. The Morgan fingerprint density at radius 3 is 2.71 bits per heavy atom. The minimum Gasteiger partial charge on any atom is -0.497 e. The lowest BCUT2D eigenvalue weighted by atomic mass is 10.1. The van der Waals surface area contributed by atoms with Gasteiger partial charge in [0.1, 0.15) is 17.3 Å². The van der Waals surface area contributed by atoms with Gasteiger partial charge in [-0.3, -0.25) is 4.79 Å². The Morgan fingerprint density at radius 1 is 1.25 bits per heavy atom. The molecule has 1 unspecified atom stereocenters. The number of furan rings is 1. The predicted octanol–water partition coefficient (Wildman–Crippen LogP) is 2.53. The fourth-order valence-electron chi connectivity index (χ4n) is 3.01. The van der Waals surface area contributed by atoms with E-state index in [1.807, 2.05) is 48.2 Å². The number of carbonyl (C=O) groups is 1. The zero-order valence-electron chi connectivity index (χ0n) is 14.2. The number of benzene rings is 1. The molecular weight excluding hydrogens is 304 g/mol. The third-order valence-electron chi connectivity index (χ3n) is 4.40. The smallest absolute Gasteiger partial charge is 0.224 e. The largest absolute Gasteiger partial charge is 0.497 e. The Hall–Kier alpha value is -2.27. The topological polar surface area (TPSA) is 54.7 Å². The summed E-state index contributed by atoms with van der Waals surface area (Å²) in [4.78, 5) is 14.1. The third kappa shape index (κ3) is 4.17. The Labute approximate surface area is 142 Å². The molecule has 24 heavy (non-hydrogen) atoms. The van der Waals surface area contributed by atoms with E-state index in [-0.39, 0.29) is 11.9 Å². The number of hydrogen-bond acceptors (Lipinski definition) is 4. The van der Waals surface area contributed by atoms with Crippen LogP contribution in [0.1, 0.15) is 23.5 Å². The van der Waals surface area contributed by atoms with Crippen LogP contribution in [0, 0.1) is 6.92 Å². The summed E-state index contributed by atoms with van der Waals surface area (Å²) in [6.45, 7) is 4.11. The Balaban J connectivity index is 1.45. The normalized spacial score (nSPS) is 17.5.